The summed E-state index contributed by atoms with van der Waals surface area (Å²) < 4.78 is 1.89. The SMILES string of the molecule is CC.CC.Cc1c(-c2ccccc2)cnn1C. The van der Waals surface area contributed by atoms with Gasteiger partial charge in [0.1, 0.15) is 0 Å². The van der Waals surface area contributed by atoms with E-state index < -0.39 is 0 Å². The molecule has 0 aliphatic heterocycles. The molecule has 2 nitrogen and oxygen atoms in total. The van der Waals surface area contributed by atoms with Crippen molar-refractivity contribution < 1.29 is 0 Å². The second-order valence-electron chi connectivity index (χ2n) is 3.13. The molecule has 0 unspecified atom stereocenters. The van der Waals surface area contributed by atoms with E-state index in [4.69, 9.17) is 0 Å². The minimum absolute atomic E-state index is 1.20. The van der Waals surface area contributed by atoms with Gasteiger partial charge in [0.05, 0.1) is 6.20 Å². The number of aryl methyl sites for hydroxylation is 1. The molecule has 0 N–H and O–H groups in total. The number of hydrogen-bond donors (Lipinski definition) is 0. The average molecular weight is 232 g/mol. The van der Waals surface area contributed by atoms with Gasteiger partial charge in [-0.1, -0.05) is 58.0 Å². The minimum atomic E-state index is 1.20. The Balaban J connectivity index is 0.000000581. The monoisotopic (exact) mass is 232 g/mol. The molecule has 2 rings (SSSR count). The molecule has 0 aliphatic rings. The van der Waals surface area contributed by atoms with Gasteiger partial charge in [-0.3, -0.25) is 4.68 Å². The van der Waals surface area contributed by atoms with E-state index in [9.17, 15) is 0 Å². The van der Waals surface area contributed by atoms with Crippen LogP contribution in [-0.4, -0.2) is 9.78 Å². The lowest BCUT2D eigenvalue weighted by molar-refractivity contribution is 0.740. The summed E-state index contributed by atoms with van der Waals surface area (Å²) in [4.78, 5) is 0. The third kappa shape index (κ3) is 4.06. The Bertz CT molecular complexity index is 402. The topological polar surface area (TPSA) is 17.8 Å². The second-order valence-corrected chi connectivity index (χ2v) is 3.13. The van der Waals surface area contributed by atoms with Crippen LogP contribution in [0.15, 0.2) is 36.5 Å². The maximum absolute atomic E-state index is 4.21. The molecule has 1 aromatic heterocycles. The summed E-state index contributed by atoms with van der Waals surface area (Å²) in [6, 6.07) is 10.3. The first-order valence-electron chi connectivity index (χ1n) is 6.33. The summed E-state index contributed by atoms with van der Waals surface area (Å²) in [6.45, 7) is 10.1. The van der Waals surface area contributed by atoms with E-state index in [0.29, 0.717) is 0 Å². The van der Waals surface area contributed by atoms with Crippen molar-refractivity contribution in [1.29, 1.82) is 0 Å². The molecule has 0 saturated heterocycles. The van der Waals surface area contributed by atoms with Crippen LogP contribution in [0.1, 0.15) is 33.4 Å². The Hall–Kier alpha value is -1.57. The van der Waals surface area contributed by atoms with Gasteiger partial charge in [-0.05, 0) is 12.5 Å². The Morgan fingerprint density at radius 1 is 0.941 bits per heavy atom. The van der Waals surface area contributed by atoms with Gasteiger partial charge in [-0.15, -0.1) is 0 Å². The Morgan fingerprint density at radius 3 is 1.88 bits per heavy atom. The average Bonchev–Trinajstić information content (AvgIpc) is 2.76. The lowest BCUT2D eigenvalue weighted by Gasteiger charge is -1.99. The van der Waals surface area contributed by atoms with Crippen LogP contribution in [0.5, 0.6) is 0 Å². The largest absolute Gasteiger partial charge is 0.272 e. The van der Waals surface area contributed by atoms with Gasteiger partial charge < -0.3 is 0 Å². The highest BCUT2D eigenvalue weighted by Crippen LogP contribution is 2.21. The van der Waals surface area contributed by atoms with Crippen LogP contribution < -0.4 is 0 Å². The van der Waals surface area contributed by atoms with Gasteiger partial charge in [-0.2, -0.15) is 5.10 Å². The number of hydrogen-bond acceptors (Lipinski definition) is 1. The lowest BCUT2D eigenvalue weighted by Crippen LogP contribution is -1.92. The van der Waals surface area contributed by atoms with Crippen LogP contribution in [0.3, 0.4) is 0 Å². The molecule has 0 amide bonds. The second kappa shape index (κ2) is 8.57. The molecule has 0 fully saturated rings. The van der Waals surface area contributed by atoms with Crippen molar-refractivity contribution in [2.45, 2.75) is 34.6 Å². The zero-order chi connectivity index (χ0) is 13.3. The summed E-state index contributed by atoms with van der Waals surface area (Å²) in [5.41, 5.74) is 3.64. The van der Waals surface area contributed by atoms with E-state index in [-0.39, 0.29) is 0 Å². The molecule has 0 atom stereocenters. The van der Waals surface area contributed by atoms with Crippen molar-refractivity contribution in [1.82, 2.24) is 9.78 Å². The molecule has 1 aromatic carbocycles. The van der Waals surface area contributed by atoms with Gasteiger partial charge in [0.25, 0.3) is 0 Å². The number of benzene rings is 1. The van der Waals surface area contributed by atoms with E-state index in [2.05, 4.69) is 24.2 Å². The Labute approximate surface area is 105 Å². The predicted octanol–water partition coefficient (Wildman–Crippen LogP) is 4.45. The van der Waals surface area contributed by atoms with E-state index in [1.165, 1.54) is 16.8 Å². The van der Waals surface area contributed by atoms with Gasteiger partial charge in [0.2, 0.25) is 0 Å². The number of rotatable bonds is 1. The summed E-state index contributed by atoms with van der Waals surface area (Å²) in [7, 11) is 1.96. The molecule has 0 saturated carbocycles. The first kappa shape index (κ1) is 15.4. The van der Waals surface area contributed by atoms with Crippen molar-refractivity contribution in [3.8, 4) is 11.1 Å². The van der Waals surface area contributed by atoms with Crippen molar-refractivity contribution in [2.75, 3.05) is 0 Å². The Morgan fingerprint density at radius 2 is 1.47 bits per heavy atom. The smallest absolute Gasteiger partial charge is 0.0571 e. The van der Waals surface area contributed by atoms with Crippen molar-refractivity contribution in [3.63, 3.8) is 0 Å². The van der Waals surface area contributed by atoms with Crippen LogP contribution in [0, 0.1) is 6.92 Å². The third-order valence-corrected chi connectivity index (χ3v) is 2.32. The Kier molecular flexibility index (Phi) is 7.78. The van der Waals surface area contributed by atoms with Crippen molar-refractivity contribution in [2.24, 2.45) is 7.05 Å². The minimum Gasteiger partial charge on any atom is -0.272 e. The molecule has 2 heteroatoms. The molecule has 1 heterocycles. The fourth-order valence-corrected chi connectivity index (χ4v) is 1.40. The highest BCUT2D eigenvalue weighted by molar-refractivity contribution is 5.64. The molecule has 17 heavy (non-hydrogen) atoms. The highest BCUT2D eigenvalue weighted by Gasteiger charge is 2.04. The molecule has 94 valence electrons. The molecule has 0 aliphatic carbocycles. The molecule has 2 aromatic rings. The van der Waals surface area contributed by atoms with Crippen LogP contribution in [0.2, 0.25) is 0 Å². The van der Waals surface area contributed by atoms with Crippen LogP contribution >= 0.6 is 0 Å². The maximum Gasteiger partial charge on any atom is 0.0571 e. The van der Waals surface area contributed by atoms with Crippen molar-refractivity contribution >= 4 is 0 Å². The van der Waals surface area contributed by atoms with E-state index >= 15 is 0 Å². The summed E-state index contributed by atoms with van der Waals surface area (Å²) in [5.74, 6) is 0. The highest BCUT2D eigenvalue weighted by atomic mass is 15.3. The molecule has 0 spiro atoms. The van der Waals surface area contributed by atoms with Crippen LogP contribution in [0.4, 0.5) is 0 Å². The molecule has 0 bridgehead atoms. The fraction of sp³-hybridized carbons (Fsp3) is 0.400. The number of nitrogens with zero attached hydrogens (tertiary/aromatic N) is 2. The van der Waals surface area contributed by atoms with Crippen LogP contribution in [0.25, 0.3) is 11.1 Å². The number of aromatic nitrogens is 2. The van der Waals surface area contributed by atoms with Gasteiger partial charge in [0, 0.05) is 18.3 Å². The van der Waals surface area contributed by atoms with Gasteiger partial charge in [0.15, 0.2) is 0 Å². The predicted molar refractivity (Wildman–Crippen MR) is 76.1 cm³/mol. The first-order valence-corrected chi connectivity index (χ1v) is 6.33. The normalized spacial score (nSPS) is 8.59. The van der Waals surface area contributed by atoms with Crippen LogP contribution in [-0.2, 0) is 7.05 Å². The van der Waals surface area contributed by atoms with E-state index in [0.717, 1.165) is 0 Å². The summed E-state index contributed by atoms with van der Waals surface area (Å²) >= 11 is 0. The summed E-state index contributed by atoms with van der Waals surface area (Å²) in [5, 5.41) is 4.21. The maximum atomic E-state index is 4.21. The van der Waals surface area contributed by atoms with Gasteiger partial charge in [-0.25, -0.2) is 0 Å². The quantitative estimate of drug-likeness (QED) is 0.710. The zero-order valence-corrected chi connectivity index (χ0v) is 11.9. The summed E-state index contributed by atoms with van der Waals surface area (Å²) in [6.07, 6.45) is 1.91. The lowest BCUT2D eigenvalue weighted by atomic mass is 10.1. The fourth-order valence-electron chi connectivity index (χ4n) is 1.40. The molecule has 0 radical (unpaired) electrons. The van der Waals surface area contributed by atoms with Crippen molar-refractivity contribution in [3.05, 3.63) is 42.2 Å². The standard InChI is InChI=1S/C11H12N2.2C2H6/c1-9-11(8-12-13(9)2)10-6-4-3-5-7-10;2*1-2/h3-8H,1-2H3;2*1-2H3. The van der Waals surface area contributed by atoms with E-state index in [1.807, 2.05) is 63.8 Å². The zero-order valence-electron chi connectivity index (χ0n) is 11.9. The molecular formula is C15H24N2. The first-order chi connectivity index (χ1) is 8.29. The third-order valence-electron chi connectivity index (χ3n) is 2.32. The van der Waals surface area contributed by atoms with E-state index in [1.54, 1.807) is 0 Å². The van der Waals surface area contributed by atoms with Gasteiger partial charge >= 0.3 is 0 Å². The molecular weight excluding hydrogens is 208 g/mol.